The van der Waals surface area contributed by atoms with Gasteiger partial charge in [0.25, 0.3) is 5.91 Å². The van der Waals surface area contributed by atoms with Crippen LogP contribution >= 0.6 is 27.5 Å². The van der Waals surface area contributed by atoms with E-state index >= 15 is 0 Å². The molecule has 2 nitrogen and oxygen atoms in total. The van der Waals surface area contributed by atoms with Crippen LogP contribution in [-0.2, 0) is 0 Å². The van der Waals surface area contributed by atoms with Crippen molar-refractivity contribution < 1.29 is 9.18 Å². The van der Waals surface area contributed by atoms with Gasteiger partial charge in [0.15, 0.2) is 0 Å². The molecule has 1 amide bonds. The first-order chi connectivity index (χ1) is 9.00. The third-order valence-corrected chi connectivity index (χ3v) is 4.10. The number of carbonyl (C=O) groups excluding carboxylic acids is 1. The molecule has 0 N–H and O–H groups in total. The van der Waals surface area contributed by atoms with Crippen molar-refractivity contribution in [2.45, 2.75) is 37.1 Å². The van der Waals surface area contributed by atoms with Gasteiger partial charge in [0, 0.05) is 17.4 Å². The van der Waals surface area contributed by atoms with Crippen molar-refractivity contribution >= 4 is 33.4 Å². The average molecular weight is 349 g/mol. The van der Waals surface area contributed by atoms with Gasteiger partial charge in [-0.15, -0.1) is 0 Å². The molecule has 2 rings (SSSR count). The van der Waals surface area contributed by atoms with Crippen LogP contribution in [0.4, 0.5) is 4.39 Å². The molecule has 0 bridgehead atoms. The lowest BCUT2D eigenvalue weighted by atomic mass is 10.1. The van der Waals surface area contributed by atoms with E-state index in [4.69, 9.17) is 11.6 Å². The zero-order valence-corrected chi connectivity index (χ0v) is 13.0. The lowest BCUT2D eigenvalue weighted by molar-refractivity contribution is 0.0727. The Labute approximate surface area is 126 Å². The third kappa shape index (κ3) is 3.29. The molecule has 1 fully saturated rings. The van der Waals surface area contributed by atoms with Crippen molar-refractivity contribution in [1.29, 1.82) is 0 Å². The largest absolute Gasteiger partial charge is 0.335 e. The van der Waals surface area contributed by atoms with Crippen LogP contribution in [-0.4, -0.2) is 28.2 Å². The fraction of sp³-hybridized carbons (Fsp3) is 0.500. The Bertz CT molecular complexity index is 460. The van der Waals surface area contributed by atoms with E-state index in [0.717, 1.165) is 19.3 Å². The van der Waals surface area contributed by atoms with Crippen molar-refractivity contribution in [3.63, 3.8) is 0 Å². The van der Waals surface area contributed by atoms with Gasteiger partial charge in [-0.05, 0) is 31.4 Å². The van der Waals surface area contributed by atoms with Gasteiger partial charge in [-0.3, -0.25) is 4.79 Å². The van der Waals surface area contributed by atoms with Crippen molar-refractivity contribution in [2.75, 3.05) is 6.54 Å². The summed E-state index contributed by atoms with van der Waals surface area (Å²) in [7, 11) is 0. The topological polar surface area (TPSA) is 20.3 Å². The summed E-state index contributed by atoms with van der Waals surface area (Å²) in [6.07, 6.45) is 2.80. The van der Waals surface area contributed by atoms with Gasteiger partial charge in [0.05, 0.1) is 10.6 Å². The van der Waals surface area contributed by atoms with E-state index in [1.807, 2.05) is 0 Å². The molecule has 0 spiro atoms. The Kier molecular flexibility index (Phi) is 4.85. The van der Waals surface area contributed by atoms with E-state index in [0.29, 0.717) is 11.4 Å². The Hall–Kier alpha value is -0.610. The second-order valence-corrected chi connectivity index (χ2v) is 6.88. The maximum absolute atomic E-state index is 13.8. The van der Waals surface area contributed by atoms with Crippen LogP contribution in [0.15, 0.2) is 18.2 Å². The quantitative estimate of drug-likeness (QED) is 0.748. The lowest BCUT2D eigenvalue weighted by Crippen LogP contribution is -2.37. The number of alkyl halides is 1. The van der Waals surface area contributed by atoms with Crippen LogP contribution in [0.25, 0.3) is 0 Å². The molecule has 1 heterocycles. The molecule has 1 saturated heterocycles. The lowest BCUT2D eigenvalue weighted by Gasteiger charge is -2.26. The van der Waals surface area contributed by atoms with E-state index in [1.54, 1.807) is 11.0 Å². The molecule has 0 radical (unpaired) electrons. The highest BCUT2D eigenvalue weighted by Crippen LogP contribution is 2.28. The van der Waals surface area contributed by atoms with Gasteiger partial charge >= 0.3 is 0 Å². The van der Waals surface area contributed by atoms with Crippen molar-refractivity contribution in [1.82, 2.24) is 4.90 Å². The second-order valence-electron chi connectivity index (χ2n) is 4.91. The Morgan fingerprint density at radius 2 is 2.37 bits per heavy atom. The molecule has 0 aromatic heterocycles. The average Bonchev–Trinajstić information content (AvgIpc) is 2.75. The Morgan fingerprint density at radius 3 is 3.00 bits per heavy atom. The SMILES string of the molecule is CC(Br)CC1CCCN1C(=O)c1c(F)cccc1Cl. The summed E-state index contributed by atoms with van der Waals surface area (Å²) in [4.78, 5) is 14.6. The van der Waals surface area contributed by atoms with Crippen molar-refractivity contribution in [3.05, 3.63) is 34.6 Å². The first kappa shape index (κ1) is 14.8. The summed E-state index contributed by atoms with van der Waals surface area (Å²) in [5, 5.41) is 0.183. The Morgan fingerprint density at radius 1 is 1.63 bits per heavy atom. The summed E-state index contributed by atoms with van der Waals surface area (Å²) in [5.74, 6) is -0.839. The first-order valence-electron chi connectivity index (χ1n) is 6.39. The molecule has 104 valence electrons. The second kappa shape index (κ2) is 6.23. The van der Waals surface area contributed by atoms with Crippen molar-refractivity contribution in [2.24, 2.45) is 0 Å². The normalized spacial score (nSPS) is 20.6. The number of carbonyl (C=O) groups is 1. The van der Waals surface area contributed by atoms with Crippen LogP contribution < -0.4 is 0 Å². The van der Waals surface area contributed by atoms with E-state index < -0.39 is 5.82 Å². The molecular formula is C14H16BrClFNO. The van der Waals surface area contributed by atoms with Gasteiger partial charge in [-0.2, -0.15) is 0 Å². The van der Waals surface area contributed by atoms with E-state index in [9.17, 15) is 9.18 Å². The predicted molar refractivity (Wildman–Crippen MR) is 78.5 cm³/mol. The zero-order chi connectivity index (χ0) is 14.0. The first-order valence-corrected chi connectivity index (χ1v) is 7.69. The van der Waals surface area contributed by atoms with E-state index in [-0.39, 0.29) is 22.5 Å². The minimum Gasteiger partial charge on any atom is -0.335 e. The van der Waals surface area contributed by atoms with Crippen LogP contribution in [0.3, 0.4) is 0 Å². The van der Waals surface area contributed by atoms with Gasteiger partial charge in [-0.25, -0.2) is 4.39 Å². The predicted octanol–water partition coefficient (Wildman–Crippen LogP) is 4.26. The van der Waals surface area contributed by atoms with Crippen LogP contribution in [0.1, 0.15) is 36.5 Å². The molecule has 1 aliphatic rings. The summed E-state index contributed by atoms with van der Waals surface area (Å²) in [5.41, 5.74) is -0.00158. The molecule has 1 aromatic rings. The number of amides is 1. The summed E-state index contributed by atoms with van der Waals surface area (Å²) >= 11 is 9.47. The minimum atomic E-state index is -0.546. The third-order valence-electron chi connectivity index (χ3n) is 3.41. The zero-order valence-electron chi connectivity index (χ0n) is 10.7. The highest BCUT2D eigenvalue weighted by atomic mass is 79.9. The maximum atomic E-state index is 13.8. The smallest absolute Gasteiger partial charge is 0.258 e. The molecule has 0 saturated carbocycles. The van der Waals surface area contributed by atoms with Crippen LogP contribution in [0.2, 0.25) is 5.02 Å². The number of nitrogens with zero attached hydrogens (tertiary/aromatic N) is 1. The molecule has 2 unspecified atom stereocenters. The van der Waals surface area contributed by atoms with Crippen molar-refractivity contribution in [3.8, 4) is 0 Å². The van der Waals surface area contributed by atoms with Crippen LogP contribution in [0.5, 0.6) is 0 Å². The fourth-order valence-electron chi connectivity index (χ4n) is 2.57. The van der Waals surface area contributed by atoms with E-state index in [2.05, 4.69) is 22.9 Å². The standard InChI is InChI=1S/C14H16BrClFNO/c1-9(15)8-10-4-3-7-18(10)14(19)13-11(16)5-2-6-12(13)17/h2,5-6,9-10H,3-4,7-8H2,1H3. The molecule has 0 aliphatic carbocycles. The molecule has 2 atom stereocenters. The van der Waals surface area contributed by atoms with Gasteiger partial charge in [0.2, 0.25) is 0 Å². The highest BCUT2D eigenvalue weighted by molar-refractivity contribution is 9.09. The number of rotatable bonds is 3. The molecule has 1 aromatic carbocycles. The number of benzene rings is 1. The van der Waals surface area contributed by atoms with E-state index in [1.165, 1.54) is 12.1 Å². The number of likely N-dealkylation sites (tertiary alicyclic amines) is 1. The van der Waals surface area contributed by atoms with Gasteiger partial charge in [0.1, 0.15) is 5.82 Å². The van der Waals surface area contributed by atoms with Gasteiger partial charge in [-0.1, -0.05) is 40.5 Å². The molecule has 5 heteroatoms. The monoisotopic (exact) mass is 347 g/mol. The highest BCUT2D eigenvalue weighted by Gasteiger charge is 2.32. The molecule has 19 heavy (non-hydrogen) atoms. The maximum Gasteiger partial charge on any atom is 0.258 e. The number of hydrogen-bond donors (Lipinski definition) is 0. The molecule has 1 aliphatic heterocycles. The van der Waals surface area contributed by atoms with Gasteiger partial charge < -0.3 is 4.90 Å². The summed E-state index contributed by atoms with van der Waals surface area (Å²) in [6, 6.07) is 4.50. The minimum absolute atomic E-state index is 0.00158. The Balaban J connectivity index is 2.23. The number of halogens is 3. The number of hydrogen-bond acceptors (Lipinski definition) is 1. The van der Waals surface area contributed by atoms with Crippen LogP contribution in [0, 0.1) is 5.82 Å². The summed E-state index contributed by atoms with van der Waals surface area (Å²) in [6.45, 7) is 2.73. The molecular weight excluding hydrogens is 333 g/mol. The summed E-state index contributed by atoms with van der Waals surface area (Å²) < 4.78 is 13.8. The fourth-order valence-corrected chi connectivity index (χ4v) is 3.24.